The Balaban J connectivity index is 1.94. The SMILES string of the molecule is CN(CCC(=O)O)CC(=O)c1ccc2c(c1)OCO2. The quantitative estimate of drug-likeness (QED) is 0.773. The zero-order chi connectivity index (χ0) is 13.8. The van der Waals surface area contributed by atoms with Gasteiger partial charge in [-0.1, -0.05) is 0 Å². The molecule has 0 saturated heterocycles. The lowest BCUT2D eigenvalue weighted by atomic mass is 10.1. The van der Waals surface area contributed by atoms with Crippen molar-refractivity contribution in [2.24, 2.45) is 0 Å². The summed E-state index contributed by atoms with van der Waals surface area (Å²) in [5.41, 5.74) is 0.534. The fourth-order valence-electron chi connectivity index (χ4n) is 1.77. The highest BCUT2D eigenvalue weighted by molar-refractivity contribution is 5.98. The number of hydrogen-bond donors (Lipinski definition) is 1. The van der Waals surface area contributed by atoms with Crippen molar-refractivity contribution < 1.29 is 24.2 Å². The number of ether oxygens (including phenoxy) is 2. The summed E-state index contributed by atoms with van der Waals surface area (Å²) in [6, 6.07) is 5.03. The molecular formula is C13H15NO5. The molecule has 0 saturated carbocycles. The van der Waals surface area contributed by atoms with E-state index in [2.05, 4.69) is 0 Å². The van der Waals surface area contributed by atoms with Gasteiger partial charge in [-0.3, -0.25) is 14.5 Å². The highest BCUT2D eigenvalue weighted by atomic mass is 16.7. The van der Waals surface area contributed by atoms with E-state index in [-0.39, 0.29) is 25.5 Å². The molecule has 0 fully saturated rings. The van der Waals surface area contributed by atoms with Gasteiger partial charge in [0.05, 0.1) is 13.0 Å². The van der Waals surface area contributed by atoms with Gasteiger partial charge in [0.1, 0.15) is 0 Å². The monoisotopic (exact) mass is 265 g/mol. The molecule has 6 nitrogen and oxygen atoms in total. The highest BCUT2D eigenvalue weighted by Gasteiger charge is 2.17. The molecule has 1 heterocycles. The molecule has 2 rings (SSSR count). The summed E-state index contributed by atoms with van der Waals surface area (Å²) in [5, 5.41) is 8.58. The Labute approximate surface area is 110 Å². The summed E-state index contributed by atoms with van der Waals surface area (Å²) in [5.74, 6) is 0.253. The van der Waals surface area contributed by atoms with E-state index in [4.69, 9.17) is 14.6 Å². The van der Waals surface area contributed by atoms with E-state index in [0.29, 0.717) is 23.6 Å². The predicted molar refractivity (Wildman–Crippen MR) is 66.6 cm³/mol. The Morgan fingerprint density at radius 3 is 2.79 bits per heavy atom. The van der Waals surface area contributed by atoms with Crippen LogP contribution in [0.3, 0.4) is 0 Å². The lowest BCUT2D eigenvalue weighted by Gasteiger charge is -2.14. The standard InChI is InChI=1S/C13H15NO5/c1-14(5-4-13(16)17)7-10(15)9-2-3-11-12(6-9)19-8-18-11/h2-3,6H,4-5,7-8H2,1H3,(H,16,17). The summed E-state index contributed by atoms with van der Waals surface area (Å²) in [6.07, 6.45) is 0.0188. The van der Waals surface area contributed by atoms with E-state index in [1.807, 2.05) is 0 Å². The number of aliphatic carboxylic acids is 1. The molecule has 102 valence electrons. The number of likely N-dealkylation sites (N-methyl/N-ethyl adjacent to an activating group) is 1. The molecule has 1 aliphatic heterocycles. The number of carbonyl (C=O) groups excluding carboxylic acids is 1. The summed E-state index contributed by atoms with van der Waals surface area (Å²) in [4.78, 5) is 24.1. The maximum Gasteiger partial charge on any atom is 0.304 e. The van der Waals surface area contributed by atoms with Crippen molar-refractivity contribution >= 4 is 11.8 Å². The van der Waals surface area contributed by atoms with Gasteiger partial charge in [-0.25, -0.2) is 0 Å². The molecular weight excluding hydrogens is 250 g/mol. The van der Waals surface area contributed by atoms with E-state index in [9.17, 15) is 9.59 Å². The van der Waals surface area contributed by atoms with Gasteiger partial charge in [-0.2, -0.15) is 0 Å². The molecule has 0 radical (unpaired) electrons. The summed E-state index contributed by atoms with van der Waals surface area (Å²) < 4.78 is 10.4. The van der Waals surface area contributed by atoms with E-state index in [1.54, 1.807) is 30.1 Å². The average molecular weight is 265 g/mol. The number of carboxylic acids is 1. The lowest BCUT2D eigenvalue weighted by Crippen LogP contribution is -2.28. The van der Waals surface area contributed by atoms with Crippen molar-refractivity contribution in [1.82, 2.24) is 4.90 Å². The number of nitrogens with zero attached hydrogens (tertiary/aromatic N) is 1. The molecule has 1 aromatic carbocycles. The van der Waals surface area contributed by atoms with Crippen LogP contribution in [0.4, 0.5) is 0 Å². The zero-order valence-corrected chi connectivity index (χ0v) is 10.6. The third kappa shape index (κ3) is 3.45. The van der Waals surface area contributed by atoms with Crippen molar-refractivity contribution in [3.63, 3.8) is 0 Å². The van der Waals surface area contributed by atoms with E-state index in [0.717, 1.165) is 0 Å². The zero-order valence-electron chi connectivity index (χ0n) is 10.6. The Morgan fingerprint density at radius 1 is 1.32 bits per heavy atom. The third-order valence-electron chi connectivity index (χ3n) is 2.82. The Bertz CT molecular complexity index is 500. The summed E-state index contributed by atoms with van der Waals surface area (Å²) >= 11 is 0. The number of hydrogen-bond acceptors (Lipinski definition) is 5. The van der Waals surface area contributed by atoms with Gasteiger partial charge in [0, 0.05) is 12.1 Å². The number of carboxylic acid groups (broad SMARTS) is 1. The first-order valence-corrected chi connectivity index (χ1v) is 5.89. The van der Waals surface area contributed by atoms with Gasteiger partial charge >= 0.3 is 5.97 Å². The number of benzene rings is 1. The Hall–Kier alpha value is -2.08. The second-order valence-electron chi connectivity index (χ2n) is 4.37. The van der Waals surface area contributed by atoms with E-state index >= 15 is 0 Å². The number of fused-ring (bicyclic) bond motifs is 1. The predicted octanol–water partition coefficient (Wildman–Crippen LogP) is 1.00. The van der Waals surface area contributed by atoms with Crippen molar-refractivity contribution in [2.75, 3.05) is 26.9 Å². The van der Waals surface area contributed by atoms with Crippen LogP contribution < -0.4 is 9.47 Å². The smallest absolute Gasteiger partial charge is 0.304 e. The van der Waals surface area contributed by atoms with Crippen LogP contribution in [-0.2, 0) is 4.79 Å². The minimum absolute atomic E-state index is 0.0188. The molecule has 0 atom stereocenters. The maximum absolute atomic E-state index is 12.0. The topological polar surface area (TPSA) is 76.1 Å². The van der Waals surface area contributed by atoms with Gasteiger partial charge in [0.2, 0.25) is 6.79 Å². The Kier molecular flexibility index (Phi) is 4.01. The van der Waals surface area contributed by atoms with Crippen molar-refractivity contribution in [2.45, 2.75) is 6.42 Å². The molecule has 0 spiro atoms. The number of Topliss-reactive ketones (excluding diaryl/α,β-unsaturated/α-hetero) is 1. The van der Waals surface area contributed by atoms with Crippen LogP contribution in [0.5, 0.6) is 11.5 Å². The van der Waals surface area contributed by atoms with Crippen molar-refractivity contribution in [1.29, 1.82) is 0 Å². The molecule has 0 bridgehead atoms. The van der Waals surface area contributed by atoms with E-state index < -0.39 is 5.97 Å². The van der Waals surface area contributed by atoms with Gasteiger partial charge in [0.25, 0.3) is 0 Å². The first-order chi connectivity index (χ1) is 9.06. The van der Waals surface area contributed by atoms with Crippen LogP contribution in [0.2, 0.25) is 0 Å². The van der Waals surface area contributed by atoms with Crippen LogP contribution in [-0.4, -0.2) is 48.7 Å². The minimum Gasteiger partial charge on any atom is -0.481 e. The van der Waals surface area contributed by atoms with Crippen LogP contribution >= 0.6 is 0 Å². The van der Waals surface area contributed by atoms with Crippen molar-refractivity contribution in [3.8, 4) is 11.5 Å². The second-order valence-corrected chi connectivity index (χ2v) is 4.37. The van der Waals surface area contributed by atoms with Crippen molar-refractivity contribution in [3.05, 3.63) is 23.8 Å². The molecule has 0 unspecified atom stereocenters. The third-order valence-corrected chi connectivity index (χ3v) is 2.82. The maximum atomic E-state index is 12.0. The minimum atomic E-state index is -0.873. The second kappa shape index (κ2) is 5.71. The molecule has 6 heteroatoms. The molecule has 0 amide bonds. The number of rotatable bonds is 6. The van der Waals surface area contributed by atoms with Crippen LogP contribution in [0, 0.1) is 0 Å². The molecule has 0 aliphatic carbocycles. The van der Waals surface area contributed by atoms with Crippen LogP contribution in [0.15, 0.2) is 18.2 Å². The Morgan fingerprint density at radius 2 is 2.05 bits per heavy atom. The first kappa shape index (κ1) is 13.4. The van der Waals surface area contributed by atoms with Crippen LogP contribution in [0.1, 0.15) is 16.8 Å². The lowest BCUT2D eigenvalue weighted by molar-refractivity contribution is -0.137. The van der Waals surface area contributed by atoms with E-state index in [1.165, 1.54) is 0 Å². The van der Waals surface area contributed by atoms with Gasteiger partial charge in [-0.15, -0.1) is 0 Å². The molecule has 0 aromatic heterocycles. The largest absolute Gasteiger partial charge is 0.481 e. The molecule has 1 aromatic rings. The summed E-state index contributed by atoms with van der Waals surface area (Å²) in [6.45, 7) is 0.685. The van der Waals surface area contributed by atoms with Gasteiger partial charge in [-0.05, 0) is 25.2 Å². The number of ketones is 1. The van der Waals surface area contributed by atoms with Gasteiger partial charge < -0.3 is 14.6 Å². The molecule has 19 heavy (non-hydrogen) atoms. The number of carbonyl (C=O) groups is 2. The highest BCUT2D eigenvalue weighted by Crippen LogP contribution is 2.32. The fourth-order valence-corrected chi connectivity index (χ4v) is 1.77. The first-order valence-electron chi connectivity index (χ1n) is 5.89. The molecule has 1 aliphatic rings. The van der Waals surface area contributed by atoms with Crippen LogP contribution in [0.25, 0.3) is 0 Å². The average Bonchev–Trinajstić information content (AvgIpc) is 2.83. The summed E-state index contributed by atoms with van der Waals surface area (Å²) in [7, 11) is 1.72. The van der Waals surface area contributed by atoms with Gasteiger partial charge in [0.15, 0.2) is 17.3 Å². The molecule has 1 N–H and O–H groups in total. The fraction of sp³-hybridized carbons (Fsp3) is 0.385. The normalized spacial score (nSPS) is 12.7.